The van der Waals surface area contributed by atoms with Crippen LogP contribution in [0.1, 0.15) is 10.5 Å². The predicted molar refractivity (Wildman–Crippen MR) is 61.3 cm³/mol. The van der Waals surface area contributed by atoms with Gasteiger partial charge in [-0.3, -0.25) is 0 Å². The summed E-state index contributed by atoms with van der Waals surface area (Å²) in [5, 5.41) is 20.0. The fraction of sp³-hybridized carbons (Fsp3) is 0. The maximum absolute atomic E-state index is 10.8. The Bertz CT molecular complexity index is 746. The third-order valence-corrected chi connectivity index (χ3v) is 2.64. The number of benzene rings is 1. The molecule has 5 heteroatoms. The smallest absolute Gasteiger partial charge is 0.356 e. The minimum Gasteiger partial charge on any atom is -0.508 e. The number of phenolic OH excluding ortho intramolecular Hbond substituents is 1. The molecule has 3 rings (SSSR count). The Kier molecular flexibility index (Phi) is 1.82. The third kappa shape index (κ3) is 1.40. The van der Waals surface area contributed by atoms with E-state index < -0.39 is 5.97 Å². The fourth-order valence-electron chi connectivity index (χ4n) is 1.85. The first-order valence-electron chi connectivity index (χ1n) is 4.99. The quantitative estimate of drug-likeness (QED) is 0.667. The van der Waals surface area contributed by atoms with E-state index in [9.17, 15) is 9.90 Å². The highest BCUT2D eigenvalue weighted by molar-refractivity contribution is 5.96. The zero-order valence-electron chi connectivity index (χ0n) is 8.66. The molecule has 2 heterocycles. The van der Waals surface area contributed by atoms with Crippen molar-refractivity contribution in [2.24, 2.45) is 0 Å². The molecule has 2 aromatic heterocycles. The normalized spacial score (nSPS) is 11.1. The van der Waals surface area contributed by atoms with E-state index in [2.05, 4.69) is 4.98 Å². The highest BCUT2D eigenvalue weighted by Crippen LogP contribution is 2.23. The highest BCUT2D eigenvalue weighted by atomic mass is 16.4. The molecule has 0 atom stereocenters. The molecule has 0 saturated carbocycles. The van der Waals surface area contributed by atoms with Crippen LogP contribution in [0.4, 0.5) is 0 Å². The lowest BCUT2D eigenvalue weighted by Gasteiger charge is -2.00. The summed E-state index contributed by atoms with van der Waals surface area (Å²) in [5.41, 5.74) is 0.511. The first kappa shape index (κ1) is 9.65. The number of rotatable bonds is 1. The van der Waals surface area contributed by atoms with E-state index in [1.807, 2.05) is 6.07 Å². The van der Waals surface area contributed by atoms with Crippen LogP contribution in [-0.4, -0.2) is 25.6 Å². The Morgan fingerprint density at radius 2 is 2.12 bits per heavy atom. The number of hydrogen-bond donors (Lipinski definition) is 2. The van der Waals surface area contributed by atoms with Crippen molar-refractivity contribution in [3.8, 4) is 5.75 Å². The summed E-state index contributed by atoms with van der Waals surface area (Å²) in [6.45, 7) is 0. The van der Waals surface area contributed by atoms with Gasteiger partial charge < -0.3 is 14.6 Å². The Balaban J connectivity index is 2.45. The lowest BCUT2D eigenvalue weighted by Crippen LogP contribution is -1.94. The van der Waals surface area contributed by atoms with Crippen LogP contribution in [-0.2, 0) is 0 Å². The zero-order valence-corrected chi connectivity index (χ0v) is 8.66. The number of aromatic hydroxyl groups is 1. The lowest BCUT2D eigenvalue weighted by atomic mass is 10.1. The van der Waals surface area contributed by atoms with Crippen LogP contribution in [0.3, 0.4) is 0 Å². The largest absolute Gasteiger partial charge is 0.508 e. The number of hydrogen-bond acceptors (Lipinski definition) is 3. The van der Waals surface area contributed by atoms with E-state index in [1.165, 1.54) is 6.20 Å². The average molecular weight is 228 g/mol. The Hall–Kier alpha value is -2.56. The standard InChI is InChI=1S/C12H8N2O3/c15-8-2-1-7-3-4-14-6-10(12(16)17)13-11(14)9(7)5-8/h1-6,15H,(H,16,17). The molecule has 0 spiro atoms. The number of aromatic nitrogens is 2. The van der Waals surface area contributed by atoms with Gasteiger partial charge in [-0.05, 0) is 23.6 Å². The van der Waals surface area contributed by atoms with Crippen molar-refractivity contribution in [1.29, 1.82) is 0 Å². The molecule has 0 aliphatic heterocycles. The number of imidazole rings is 1. The first-order chi connectivity index (χ1) is 8.15. The number of carbonyl (C=O) groups is 1. The zero-order chi connectivity index (χ0) is 12.0. The Morgan fingerprint density at radius 1 is 1.29 bits per heavy atom. The van der Waals surface area contributed by atoms with Gasteiger partial charge in [0.25, 0.3) is 0 Å². The maximum Gasteiger partial charge on any atom is 0.356 e. The van der Waals surface area contributed by atoms with E-state index >= 15 is 0 Å². The molecule has 0 aliphatic rings. The molecule has 0 bridgehead atoms. The fourth-order valence-corrected chi connectivity index (χ4v) is 1.85. The number of nitrogens with zero attached hydrogens (tertiary/aromatic N) is 2. The number of phenols is 1. The van der Waals surface area contributed by atoms with Crippen molar-refractivity contribution in [2.45, 2.75) is 0 Å². The molecule has 0 aliphatic carbocycles. The molecule has 0 unspecified atom stereocenters. The van der Waals surface area contributed by atoms with Crippen LogP contribution in [0.25, 0.3) is 16.4 Å². The van der Waals surface area contributed by atoms with Crippen molar-refractivity contribution in [1.82, 2.24) is 9.38 Å². The van der Waals surface area contributed by atoms with Crippen LogP contribution < -0.4 is 0 Å². The Morgan fingerprint density at radius 3 is 2.88 bits per heavy atom. The third-order valence-electron chi connectivity index (χ3n) is 2.64. The van der Waals surface area contributed by atoms with Crippen molar-refractivity contribution in [3.63, 3.8) is 0 Å². The summed E-state index contributed by atoms with van der Waals surface area (Å²) in [4.78, 5) is 14.9. The molecule has 0 radical (unpaired) electrons. The van der Waals surface area contributed by atoms with Crippen LogP contribution in [0, 0.1) is 0 Å². The van der Waals surface area contributed by atoms with Gasteiger partial charge in [0.15, 0.2) is 5.69 Å². The molecule has 0 fully saturated rings. The second-order valence-electron chi connectivity index (χ2n) is 3.75. The van der Waals surface area contributed by atoms with Crippen molar-refractivity contribution in [2.75, 3.05) is 0 Å². The van der Waals surface area contributed by atoms with E-state index in [4.69, 9.17) is 5.11 Å². The first-order valence-corrected chi connectivity index (χ1v) is 4.99. The molecular formula is C12H8N2O3. The van der Waals surface area contributed by atoms with Gasteiger partial charge in [-0.2, -0.15) is 0 Å². The minimum absolute atomic E-state index is 0.0131. The van der Waals surface area contributed by atoms with Gasteiger partial charge in [-0.1, -0.05) is 6.07 Å². The Labute approximate surface area is 95.6 Å². The SMILES string of the molecule is O=C(O)c1cn2ccc3ccc(O)cc3c2n1. The molecule has 3 aromatic rings. The van der Waals surface area contributed by atoms with Gasteiger partial charge in [-0.15, -0.1) is 0 Å². The van der Waals surface area contributed by atoms with Crippen LogP contribution in [0.5, 0.6) is 5.75 Å². The summed E-state index contributed by atoms with van der Waals surface area (Å²) < 4.78 is 1.63. The summed E-state index contributed by atoms with van der Waals surface area (Å²) in [7, 11) is 0. The highest BCUT2D eigenvalue weighted by Gasteiger charge is 2.10. The molecule has 5 nitrogen and oxygen atoms in total. The molecule has 1 aromatic carbocycles. The van der Waals surface area contributed by atoms with Gasteiger partial charge in [0.1, 0.15) is 11.4 Å². The average Bonchev–Trinajstić information content (AvgIpc) is 2.73. The van der Waals surface area contributed by atoms with Gasteiger partial charge in [-0.25, -0.2) is 9.78 Å². The number of pyridine rings is 1. The van der Waals surface area contributed by atoms with Crippen LogP contribution in [0.15, 0.2) is 36.7 Å². The second-order valence-corrected chi connectivity index (χ2v) is 3.75. The number of fused-ring (bicyclic) bond motifs is 3. The number of carboxylic acid groups (broad SMARTS) is 1. The lowest BCUT2D eigenvalue weighted by molar-refractivity contribution is 0.0691. The number of aromatic carboxylic acids is 1. The molecular weight excluding hydrogens is 220 g/mol. The summed E-state index contributed by atoms with van der Waals surface area (Å²) in [6, 6.07) is 6.76. The molecule has 84 valence electrons. The van der Waals surface area contributed by atoms with Crippen molar-refractivity contribution >= 4 is 22.4 Å². The van der Waals surface area contributed by atoms with Gasteiger partial charge in [0.2, 0.25) is 0 Å². The summed E-state index contributed by atoms with van der Waals surface area (Å²) in [5.74, 6) is -0.938. The monoisotopic (exact) mass is 228 g/mol. The molecule has 2 N–H and O–H groups in total. The second kappa shape index (κ2) is 3.21. The van der Waals surface area contributed by atoms with Gasteiger partial charge in [0.05, 0.1) is 0 Å². The molecule has 17 heavy (non-hydrogen) atoms. The van der Waals surface area contributed by atoms with Crippen molar-refractivity contribution < 1.29 is 15.0 Å². The number of carboxylic acids is 1. The predicted octanol–water partition coefficient (Wildman–Crippen LogP) is 1.89. The topological polar surface area (TPSA) is 74.8 Å². The van der Waals surface area contributed by atoms with Crippen LogP contribution in [0.2, 0.25) is 0 Å². The summed E-state index contributed by atoms with van der Waals surface area (Å²) >= 11 is 0. The van der Waals surface area contributed by atoms with E-state index in [0.717, 1.165) is 10.8 Å². The van der Waals surface area contributed by atoms with Crippen LogP contribution >= 0.6 is 0 Å². The molecule has 0 amide bonds. The minimum atomic E-state index is -1.07. The van der Waals surface area contributed by atoms with Gasteiger partial charge in [0, 0.05) is 17.8 Å². The van der Waals surface area contributed by atoms with E-state index in [1.54, 1.807) is 28.8 Å². The van der Waals surface area contributed by atoms with E-state index in [-0.39, 0.29) is 11.4 Å². The van der Waals surface area contributed by atoms with Gasteiger partial charge >= 0.3 is 5.97 Å². The van der Waals surface area contributed by atoms with E-state index in [0.29, 0.717) is 5.65 Å². The van der Waals surface area contributed by atoms with Crippen molar-refractivity contribution in [3.05, 3.63) is 42.4 Å². The molecule has 0 saturated heterocycles. The summed E-state index contributed by atoms with van der Waals surface area (Å²) in [6.07, 6.45) is 3.19. The maximum atomic E-state index is 10.8.